The van der Waals surface area contributed by atoms with E-state index in [9.17, 15) is 14.4 Å². The number of carbonyl (C=O) groups is 3. The third kappa shape index (κ3) is 3.85. The number of aliphatic carboxylic acids is 1. The first-order valence-electron chi connectivity index (χ1n) is 7.87. The van der Waals surface area contributed by atoms with E-state index in [1.165, 1.54) is 23.7 Å². The van der Waals surface area contributed by atoms with E-state index in [1.807, 2.05) is 0 Å². The summed E-state index contributed by atoms with van der Waals surface area (Å²) in [5, 5.41) is 13.6. The fraction of sp³-hybridized carbons (Fsp3) is 0.294. The Morgan fingerprint density at radius 2 is 1.84 bits per heavy atom. The van der Waals surface area contributed by atoms with Gasteiger partial charge < -0.3 is 15.3 Å². The molecule has 0 atom stereocenters. The number of carboxylic acids is 1. The van der Waals surface area contributed by atoms with Crippen molar-refractivity contribution in [1.29, 1.82) is 0 Å². The van der Waals surface area contributed by atoms with Gasteiger partial charge in [-0.05, 0) is 36.4 Å². The highest BCUT2D eigenvalue weighted by molar-refractivity contribution is 7.12. The van der Waals surface area contributed by atoms with Gasteiger partial charge in [-0.3, -0.25) is 19.4 Å². The second kappa shape index (κ2) is 7.43. The predicted molar refractivity (Wildman–Crippen MR) is 92.8 cm³/mol. The lowest BCUT2D eigenvalue weighted by Gasteiger charge is -2.30. The fourth-order valence-electron chi connectivity index (χ4n) is 2.74. The van der Waals surface area contributed by atoms with Crippen LogP contribution in [0, 0.1) is 5.92 Å². The van der Waals surface area contributed by atoms with Gasteiger partial charge in [0.25, 0.3) is 11.8 Å². The van der Waals surface area contributed by atoms with E-state index in [1.54, 1.807) is 28.5 Å². The number of aromatic nitrogens is 1. The topological polar surface area (TPSA) is 99.6 Å². The second-order valence-electron chi connectivity index (χ2n) is 5.76. The lowest BCUT2D eigenvalue weighted by Crippen LogP contribution is -2.40. The van der Waals surface area contributed by atoms with Crippen molar-refractivity contribution in [2.75, 3.05) is 18.4 Å². The van der Waals surface area contributed by atoms with E-state index in [4.69, 9.17) is 5.11 Å². The number of hydrogen-bond acceptors (Lipinski definition) is 5. The number of pyridine rings is 1. The van der Waals surface area contributed by atoms with E-state index in [2.05, 4.69) is 10.3 Å². The zero-order valence-corrected chi connectivity index (χ0v) is 14.2. The molecule has 0 saturated carbocycles. The Morgan fingerprint density at radius 1 is 1.16 bits per heavy atom. The molecule has 1 saturated heterocycles. The number of nitrogens with one attached hydrogen (secondary N) is 1. The number of likely N-dealkylation sites (tertiary alicyclic amines) is 1. The van der Waals surface area contributed by atoms with Gasteiger partial charge in [0.05, 0.1) is 11.6 Å². The van der Waals surface area contributed by atoms with Crippen molar-refractivity contribution in [3.8, 4) is 0 Å². The molecule has 1 aliphatic heterocycles. The summed E-state index contributed by atoms with van der Waals surface area (Å²) in [5.41, 5.74) is 0.930. The highest BCUT2D eigenvalue weighted by atomic mass is 32.1. The Balaban J connectivity index is 1.68. The Labute approximate surface area is 148 Å². The zero-order valence-electron chi connectivity index (χ0n) is 13.3. The van der Waals surface area contributed by atoms with Gasteiger partial charge in [-0.1, -0.05) is 0 Å². The molecule has 0 aromatic carbocycles. The number of carboxylic acid groups (broad SMARTS) is 1. The Bertz CT molecular complexity index is 782. The number of amides is 2. The largest absolute Gasteiger partial charge is 0.481 e. The van der Waals surface area contributed by atoms with Crippen molar-refractivity contribution in [3.05, 3.63) is 46.4 Å². The summed E-state index contributed by atoms with van der Waals surface area (Å²) in [5.74, 6) is -1.69. The van der Waals surface area contributed by atoms with Crippen LogP contribution >= 0.6 is 11.3 Å². The van der Waals surface area contributed by atoms with Crippen molar-refractivity contribution in [1.82, 2.24) is 9.88 Å². The molecule has 0 aliphatic carbocycles. The minimum atomic E-state index is -0.812. The molecule has 2 aromatic heterocycles. The summed E-state index contributed by atoms with van der Waals surface area (Å²) >= 11 is 1.26. The average molecular weight is 359 g/mol. The molecular formula is C17H17N3O4S. The number of rotatable bonds is 4. The summed E-state index contributed by atoms with van der Waals surface area (Å²) in [6, 6.07) is 4.89. The van der Waals surface area contributed by atoms with Crippen molar-refractivity contribution >= 4 is 34.8 Å². The van der Waals surface area contributed by atoms with Gasteiger partial charge in [0.2, 0.25) is 0 Å². The van der Waals surface area contributed by atoms with Gasteiger partial charge in [0.15, 0.2) is 0 Å². The van der Waals surface area contributed by atoms with E-state index in [-0.39, 0.29) is 11.8 Å². The monoisotopic (exact) mass is 359 g/mol. The Morgan fingerprint density at radius 3 is 2.48 bits per heavy atom. The first kappa shape index (κ1) is 17.1. The first-order valence-corrected chi connectivity index (χ1v) is 8.75. The van der Waals surface area contributed by atoms with E-state index < -0.39 is 11.9 Å². The minimum Gasteiger partial charge on any atom is -0.481 e. The van der Waals surface area contributed by atoms with Gasteiger partial charge in [-0.15, -0.1) is 11.3 Å². The summed E-state index contributed by atoms with van der Waals surface area (Å²) in [6.45, 7) is 0.816. The number of hydrogen-bond donors (Lipinski definition) is 2. The molecule has 1 fully saturated rings. The van der Waals surface area contributed by atoms with Crippen LogP contribution in [0.25, 0.3) is 0 Å². The van der Waals surface area contributed by atoms with Gasteiger partial charge in [0.1, 0.15) is 4.88 Å². The SMILES string of the molecule is O=C(Nc1ccsc1C(=O)N1CCC(C(=O)O)CC1)c1ccncc1. The fourth-order valence-corrected chi connectivity index (χ4v) is 3.56. The molecular weight excluding hydrogens is 342 g/mol. The standard InChI is InChI=1S/C17H17N3O4S/c21-15(11-1-6-18-7-2-11)19-13-5-10-25-14(13)16(22)20-8-3-12(4-9-20)17(23)24/h1-2,5-7,10,12H,3-4,8-9H2,(H,19,21)(H,23,24). The van der Waals surface area contributed by atoms with Crippen LogP contribution in [0.4, 0.5) is 5.69 Å². The van der Waals surface area contributed by atoms with Crippen LogP contribution in [0.2, 0.25) is 0 Å². The average Bonchev–Trinajstić information content (AvgIpc) is 3.10. The molecule has 0 spiro atoms. The second-order valence-corrected chi connectivity index (χ2v) is 6.67. The van der Waals surface area contributed by atoms with E-state index >= 15 is 0 Å². The molecule has 25 heavy (non-hydrogen) atoms. The molecule has 1 aliphatic rings. The number of nitrogens with zero attached hydrogens (tertiary/aromatic N) is 2. The number of anilines is 1. The van der Waals surface area contributed by atoms with Gasteiger partial charge in [-0.2, -0.15) is 0 Å². The summed E-state index contributed by atoms with van der Waals surface area (Å²) in [7, 11) is 0. The number of carbonyl (C=O) groups excluding carboxylic acids is 2. The van der Waals surface area contributed by atoms with Crippen LogP contribution in [0.5, 0.6) is 0 Å². The van der Waals surface area contributed by atoms with Gasteiger partial charge in [0, 0.05) is 31.0 Å². The van der Waals surface area contributed by atoms with Crippen LogP contribution in [-0.4, -0.2) is 45.9 Å². The van der Waals surface area contributed by atoms with Crippen LogP contribution in [0.15, 0.2) is 36.0 Å². The molecule has 2 amide bonds. The summed E-state index contributed by atoms with van der Waals surface area (Å²) in [4.78, 5) is 41.9. The molecule has 8 heteroatoms. The number of piperidine rings is 1. The Kier molecular flexibility index (Phi) is 5.08. The molecule has 130 valence electrons. The lowest BCUT2D eigenvalue weighted by atomic mass is 9.97. The van der Waals surface area contributed by atoms with Crippen molar-refractivity contribution in [2.24, 2.45) is 5.92 Å². The lowest BCUT2D eigenvalue weighted by molar-refractivity contribution is -0.143. The molecule has 3 heterocycles. The van der Waals surface area contributed by atoms with E-state index in [0.717, 1.165) is 0 Å². The molecule has 2 aromatic rings. The zero-order chi connectivity index (χ0) is 17.8. The molecule has 0 radical (unpaired) electrons. The Hall–Kier alpha value is -2.74. The van der Waals surface area contributed by atoms with Crippen LogP contribution in [0.3, 0.4) is 0 Å². The van der Waals surface area contributed by atoms with Crippen molar-refractivity contribution < 1.29 is 19.5 Å². The maximum absolute atomic E-state index is 12.7. The maximum Gasteiger partial charge on any atom is 0.306 e. The first-order chi connectivity index (χ1) is 12.1. The van der Waals surface area contributed by atoms with Crippen LogP contribution in [-0.2, 0) is 4.79 Å². The quantitative estimate of drug-likeness (QED) is 0.873. The maximum atomic E-state index is 12.7. The third-order valence-electron chi connectivity index (χ3n) is 4.18. The van der Waals surface area contributed by atoms with Crippen LogP contribution in [0.1, 0.15) is 32.9 Å². The molecule has 0 bridgehead atoms. The molecule has 3 rings (SSSR count). The normalized spacial score (nSPS) is 15.0. The van der Waals surface area contributed by atoms with E-state index in [0.29, 0.717) is 42.1 Å². The number of thiophene rings is 1. The summed E-state index contributed by atoms with van der Waals surface area (Å²) < 4.78 is 0. The highest BCUT2D eigenvalue weighted by Crippen LogP contribution is 2.27. The van der Waals surface area contributed by atoms with Gasteiger partial charge in [-0.25, -0.2) is 0 Å². The predicted octanol–water partition coefficient (Wildman–Crippen LogP) is 2.33. The summed E-state index contributed by atoms with van der Waals surface area (Å²) in [6.07, 6.45) is 3.96. The molecule has 2 N–H and O–H groups in total. The molecule has 7 nitrogen and oxygen atoms in total. The molecule has 0 unspecified atom stereocenters. The smallest absolute Gasteiger partial charge is 0.306 e. The minimum absolute atomic E-state index is 0.177. The third-order valence-corrected chi connectivity index (χ3v) is 5.08. The van der Waals surface area contributed by atoms with Crippen LogP contribution < -0.4 is 5.32 Å². The van der Waals surface area contributed by atoms with Crippen molar-refractivity contribution in [2.45, 2.75) is 12.8 Å². The highest BCUT2D eigenvalue weighted by Gasteiger charge is 2.29. The van der Waals surface area contributed by atoms with Crippen molar-refractivity contribution in [3.63, 3.8) is 0 Å². The van der Waals surface area contributed by atoms with Gasteiger partial charge >= 0.3 is 5.97 Å².